The van der Waals surface area contributed by atoms with Crippen LogP contribution in [0.1, 0.15) is 12.5 Å². The molecule has 1 atom stereocenters. The number of aryl methyl sites for hydroxylation is 1. The van der Waals surface area contributed by atoms with E-state index in [1.165, 1.54) is 12.7 Å². The molecule has 5 heteroatoms. The summed E-state index contributed by atoms with van der Waals surface area (Å²) in [6.45, 7) is 4.86. The number of hydrogen-bond acceptors (Lipinski definition) is 5. The van der Waals surface area contributed by atoms with Crippen molar-refractivity contribution in [2.24, 2.45) is 0 Å². The molecule has 5 nitrogen and oxygen atoms in total. The fourth-order valence-corrected chi connectivity index (χ4v) is 2.28. The average Bonchev–Trinajstić information content (AvgIpc) is 2.65. The lowest BCUT2D eigenvalue weighted by Gasteiger charge is -2.28. The predicted octanol–water partition coefficient (Wildman–Crippen LogP) is 2.97. The van der Waals surface area contributed by atoms with E-state index in [4.69, 9.17) is 14.2 Å². The van der Waals surface area contributed by atoms with Crippen LogP contribution in [0, 0.1) is 6.92 Å². The molecule has 0 heterocycles. The highest BCUT2D eigenvalue weighted by molar-refractivity contribution is 5.80. The largest absolute Gasteiger partial charge is 0.492 e. The number of ether oxygens (including phenoxy) is 3. The normalized spacial score (nSPS) is 12.9. The Morgan fingerprint density at radius 2 is 1.64 bits per heavy atom. The molecule has 2 rings (SSSR count). The Bertz CT molecular complexity index is 657. The first-order valence-electron chi connectivity index (χ1n) is 8.24. The van der Waals surface area contributed by atoms with E-state index in [0.29, 0.717) is 18.9 Å². The summed E-state index contributed by atoms with van der Waals surface area (Å²) in [7, 11) is 1.37. The van der Waals surface area contributed by atoms with Gasteiger partial charge in [-0.2, -0.15) is 0 Å². The lowest BCUT2D eigenvalue weighted by Crippen LogP contribution is -2.55. The molecule has 2 aromatic carbocycles. The smallest absolute Gasteiger partial charge is 0.329 e. The van der Waals surface area contributed by atoms with Crippen molar-refractivity contribution in [1.29, 1.82) is 0 Å². The summed E-state index contributed by atoms with van der Waals surface area (Å²) >= 11 is 0. The van der Waals surface area contributed by atoms with Crippen LogP contribution >= 0.6 is 0 Å². The first kappa shape index (κ1) is 18.8. The highest BCUT2D eigenvalue weighted by Crippen LogP contribution is 2.14. The molecule has 1 unspecified atom stereocenters. The fourth-order valence-electron chi connectivity index (χ4n) is 2.28. The standard InChI is InChI=1S/C20H25NO4/c1-16-9-11-18(12-10-16)24-14-13-21-20(2,19(22)23-3)15-25-17-7-5-4-6-8-17/h4-12,21H,13-15H2,1-3H3. The highest BCUT2D eigenvalue weighted by Gasteiger charge is 2.35. The molecule has 0 aliphatic carbocycles. The second-order valence-electron chi connectivity index (χ2n) is 6.01. The third-order valence-electron chi connectivity index (χ3n) is 3.81. The van der Waals surface area contributed by atoms with Crippen molar-refractivity contribution in [3.63, 3.8) is 0 Å². The number of carbonyl (C=O) groups is 1. The Kier molecular flexibility index (Phi) is 6.83. The summed E-state index contributed by atoms with van der Waals surface area (Å²) in [5.41, 5.74) is 0.225. The molecule has 0 bridgehead atoms. The molecule has 0 aliphatic heterocycles. The van der Waals surface area contributed by atoms with Gasteiger partial charge in [0.25, 0.3) is 0 Å². The van der Waals surface area contributed by atoms with Crippen LogP contribution < -0.4 is 14.8 Å². The van der Waals surface area contributed by atoms with E-state index in [1.807, 2.05) is 61.5 Å². The van der Waals surface area contributed by atoms with Gasteiger partial charge in [0.15, 0.2) is 0 Å². The lowest BCUT2D eigenvalue weighted by molar-refractivity contribution is -0.149. The van der Waals surface area contributed by atoms with Gasteiger partial charge in [0.2, 0.25) is 0 Å². The zero-order valence-electron chi connectivity index (χ0n) is 15.0. The van der Waals surface area contributed by atoms with Crippen LogP contribution in [0.3, 0.4) is 0 Å². The quantitative estimate of drug-likeness (QED) is 0.560. The van der Waals surface area contributed by atoms with E-state index in [1.54, 1.807) is 6.92 Å². The molecule has 134 valence electrons. The van der Waals surface area contributed by atoms with Crippen LogP contribution in [0.15, 0.2) is 54.6 Å². The van der Waals surface area contributed by atoms with E-state index in [9.17, 15) is 4.79 Å². The summed E-state index contributed by atoms with van der Waals surface area (Å²) < 4.78 is 16.3. The number of benzene rings is 2. The summed E-state index contributed by atoms with van der Waals surface area (Å²) in [6, 6.07) is 17.2. The average molecular weight is 343 g/mol. The zero-order chi connectivity index (χ0) is 18.1. The monoisotopic (exact) mass is 343 g/mol. The molecule has 0 saturated heterocycles. The Morgan fingerprint density at radius 3 is 2.28 bits per heavy atom. The van der Waals surface area contributed by atoms with E-state index < -0.39 is 5.54 Å². The van der Waals surface area contributed by atoms with Gasteiger partial charge in [0.05, 0.1) is 7.11 Å². The molecule has 25 heavy (non-hydrogen) atoms. The first-order valence-corrected chi connectivity index (χ1v) is 8.24. The summed E-state index contributed by atoms with van der Waals surface area (Å²) in [5.74, 6) is 1.13. The molecular formula is C20H25NO4. The van der Waals surface area contributed by atoms with Gasteiger partial charge in [-0.25, -0.2) is 4.79 Å². The Hall–Kier alpha value is -2.53. The second kappa shape index (κ2) is 9.08. The van der Waals surface area contributed by atoms with Crippen molar-refractivity contribution in [3.05, 3.63) is 60.2 Å². The Balaban J connectivity index is 1.86. The minimum atomic E-state index is -0.957. The molecule has 2 aromatic rings. The molecule has 0 amide bonds. The molecule has 0 aliphatic rings. The van der Waals surface area contributed by atoms with Gasteiger partial charge < -0.3 is 14.2 Å². The van der Waals surface area contributed by atoms with Gasteiger partial charge in [-0.1, -0.05) is 35.9 Å². The lowest BCUT2D eigenvalue weighted by atomic mass is 10.0. The third kappa shape index (κ3) is 5.80. The Labute approximate surface area is 148 Å². The summed E-state index contributed by atoms with van der Waals surface area (Å²) in [5, 5.41) is 3.17. The van der Waals surface area contributed by atoms with E-state index in [0.717, 1.165) is 5.75 Å². The minimum Gasteiger partial charge on any atom is -0.492 e. The summed E-state index contributed by atoms with van der Waals surface area (Å²) in [6.07, 6.45) is 0. The minimum absolute atomic E-state index is 0.161. The van der Waals surface area contributed by atoms with Crippen LogP contribution in [0.4, 0.5) is 0 Å². The van der Waals surface area contributed by atoms with Crippen molar-refractivity contribution in [2.75, 3.05) is 26.9 Å². The molecule has 0 aromatic heterocycles. The molecule has 0 radical (unpaired) electrons. The maximum atomic E-state index is 12.2. The van der Waals surface area contributed by atoms with Crippen molar-refractivity contribution in [3.8, 4) is 11.5 Å². The SMILES string of the molecule is COC(=O)C(C)(COc1ccccc1)NCCOc1ccc(C)cc1. The van der Waals surface area contributed by atoms with E-state index >= 15 is 0 Å². The second-order valence-corrected chi connectivity index (χ2v) is 6.01. The van der Waals surface area contributed by atoms with Gasteiger partial charge in [0, 0.05) is 6.54 Å². The first-order chi connectivity index (χ1) is 12.0. The molecule has 0 saturated carbocycles. The number of rotatable bonds is 9. The van der Waals surface area contributed by atoms with Crippen LogP contribution in [0.25, 0.3) is 0 Å². The number of methoxy groups -OCH3 is 1. The Morgan fingerprint density at radius 1 is 1.00 bits per heavy atom. The third-order valence-corrected chi connectivity index (χ3v) is 3.81. The number of hydrogen-bond donors (Lipinski definition) is 1. The van der Waals surface area contributed by atoms with Crippen LogP contribution in [-0.2, 0) is 9.53 Å². The molecular weight excluding hydrogens is 318 g/mol. The molecule has 1 N–H and O–H groups in total. The molecule has 0 fully saturated rings. The van der Waals surface area contributed by atoms with Crippen LogP contribution in [-0.4, -0.2) is 38.4 Å². The van der Waals surface area contributed by atoms with Gasteiger partial charge in [-0.15, -0.1) is 0 Å². The summed E-state index contributed by atoms with van der Waals surface area (Å²) in [4.78, 5) is 12.2. The molecule has 0 spiro atoms. The van der Waals surface area contributed by atoms with Crippen molar-refractivity contribution < 1.29 is 19.0 Å². The number of esters is 1. The van der Waals surface area contributed by atoms with Crippen molar-refractivity contribution in [1.82, 2.24) is 5.32 Å². The predicted molar refractivity (Wildman–Crippen MR) is 97.0 cm³/mol. The maximum Gasteiger partial charge on any atom is 0.329 e. The van der Waals surface area contributed by atoms with E-state index in [2.05, 4.69) is 5.32 Å². The van der Waals surface area contributed by atoms with E-state index in [-0.39, 0.29) is 12.6 Å². The number of para-hydroxylation sites is 1. The fraction of sp³-hybridized carbons (Fsp3) is 0.350. The zero-order valence-corrected chi connectivity index (χ0v) is 15.0. The van der Waals surface area contributed by atoms with Crippen LogP contribution in [0.2, 0.25) is 0 Å². The number of carbonyl (C=O) groups excluding carboxylic acids is 1. The van der Waals surface area contributed by atoms with Crippen LogP contribution in [0.5, 0.6) is 11.5 Å². The van der Waals surface area contributed by atoms with Crippen molar-refractivity contribution >= 4 is 5.97 Å². The maximum absolute atomic E-state index is 12.2. The van der Waals surface area contributed by atoms with Gasteiger partial charge in [0.1, 0.15) is 30.3 Å². The topological polar surface area (TPSA) is 56.8 Å². The van der Waals surface area contributed by atoms with Gasteiger partial charge >= 0.3 is 5.97 Å². The van der Waals surface area contributed by atoms with Crippen molar-refractivity contribution in [2.45, 2.75) is 19.4 Å². The van der Waals surface area contributed by atoms with Gasteiger partial charge in [-0.05, 0) is 38.1 Å². The number of nitrogens with one attached hydrogen (secondary N) is 1. The highest BCUT2D eigenvalue weighted by atomic mass is 16.5. The van der Waals surface area contributed by atoms with Gasteiger partial charge in [-0.3, -0.25) is 5.32 Å².